The molecule has 5 heteroatoms. The van der Waals surface area contributed by atoms with Gasteiger partial charge < -0.3 is 14.6 Å². The summed E-state index contributed by atoms with van der Waals surface area (Å²) in [7, 11) is 0. The lowest BCUT2D eigenvalue weighted by Gasteiger charge is -2.11. The highest BCUT2D eigenvalue weighted by atomic mass is 19.1. The van der Waals surface area contributed by atoms with E-state index in [1.807, 2.05) is 6.07 Å². The van der Waals surface area contributed by atoms with Gasteiger partial charge in [-0.05, 0) is 24.1 Å². The van der Waals surface area contributed by atoms with Gasteiger partial charge in [0.2, 0.25) is 0 Å². The zero-order chi connectivity index (χ0) is 13.1. The van der Waals surface area contributed by atoms with Gasteiger partial charge in [-0.3, -0.25) is 0 Å². The lowest BCUT2D eigenvalue weighted by atomic mass is 10.1. The van der Waals surface area contributed by atoms with E-state index in [-0.39, 0.29) is 5.82 Å². The molecule has 0 spiro atoms. The predicted molar refractivity (Wildman–Crippen MR) is 68.0 cm³/mol. The van der Waals surface area contributed by atoms with Gasteiger partial charge in [-0.15, -0.1) is 0 Å². The molecule has 0 amide bonds. The van der Waals surface area contributed by atoms with Crippen LogP contribution >= 0.6 is 0 Å². The Balaban J connectivity index is 1.68. The Labute approximate surface area is 110 Å². The van der Waals surface area contributed by atoms with E-state index in [0.29, 0.717) is 23.8 Å². The monoisotopic (exact) mass is 262 g/mol. The summed E-state index contributed by atoms with van der Waals surface area (Å²) >= 11 is 0. The van der Waals surface area contributed by atoms with Crippen LogP contribution in [-0.4, -0.2) is 24.4 Å². The smallest absolute Gasteiger partial charge is 0.133 e. The summed E-state index contributed by atoms with van der Waals surface area (Å²) in [5.74, 6) is -0.282. The van der Waals surface area contributed by atoms with Gasteiger partial charge in [-0.25, -0.2) is 4.39 Å². The van der Waals surface area contributed by atoms with Gasteiger partial charge in [0, 0.05) is 30.8 Å². The number of halogens is 1. The van der Waals surface area contributed by atoms with Gasteiger partial charge in [-0.2, -0.15) is 0 Å². The van der Waals surface area contributed by atoms with Crippen LogP contribution in [0, 0.1) is 5.82 Å². The number of hydrogen-bond donors (Lipinski definition) is 1. The highest BCUT2D eigenvalue weighted by molar-refractivity contribution is 5.59. The molecule has 0 aliphatic carbocycles. The summed E-state index contributed by atoms with van der Waals surface area (Å²) in [4.78, 5) is 0. The van der Waals surface area contributed by atoms with Crippen LogP contribution in [0.25, 0.3) is 11.3 Å². The molecule has 1 aromatic heterocycles. The van der Waals surface area contributed by atoms with Gasteiger partial charge in [0.1, 0.15) is 17.8 Å². The molecule has 3 rings (SSSR count). The number of nitrogens with one attached hydrogen (secondary N) is 1. The Hall–Kier alpha value is -1.72. The second-order valence-electron chi connectivity index (χ2n) is 4.64. The molecule has 1 aromatic carbocycles. The average molecular weight is 262 g/mol. The Morgan fingerprint density at radius 2 is 2.32 bits per heavy atom. The average Bonchev–Trinajstić information content (AvgIpc) is 3.10. The number of hydrogen-bond acceptors (Lipinski definition) is 4. The first-order chi connectivity index (χ1) is 9.33. The minimum absolute atomic E-state index is 0.282. The topological polar surface area (TPSA) is 47.3 Å². The third-order valence-corrected chi connectivity index (χ3v) is 3.27. The second kappa shape index (κ2) is 5.50. The van der Waals surface area contributed by atoms with Gasteiger partial charge in [-0.1, -0.05) is 11.2 Å². The number of aromatic nitrogens is 1. The summed E-state index contributed by atoms with van der Waals surface area (Å²) in [5.41, 5.74) is 1.89. The third kappa shape index (κ3) is 2.83. The van der Waals surface area contributed by atoms with Gasteiger partial charge in [0.15, 0.2) is 0 Å². The van der Waals surface area contributed by atoms with Crippen LogP contribution in [0.3, 0.4) is 0 Å². The summed E-state index contributed by atoms with van der Waals surface area (Å²) in [5, 5.41) is 7.09. The molecule has 1 fully saturated rings. The first-order valence-corrected chi connectivity index (χ1v) is 6.33. The van der Waals surface area contributed by atoms with Crippen LogP contribution in [-0.2, 0) is 11.3 Å². The fourth-order valence-electron chi connectivity index (χ4n) is 2.19. The van der Waals surface area contributed by atoms with Crippen molar-refractivity contribution in [2.24, 2.45) is 0 Å². The highest BCUT2D eigenvalue weighted by Crippen LogP contribution is 2.22. The van der Waals surface area contributed by atoms with Gasteiger partial charge in [0.05, 0.1) is 6.61 Å². The molecule has 2 heterocycles. The molecule has 0 saturated carbocycles. The molecular weight excluding hydrogens is 247 g/mol. The minimum Gasteiger partial charge on any atom is -0.380 e. The molecule has 0 unspecified atom stereocenters. The van der Waals surface area contributed by atoms with Gasteiger partial charge >= 0.3 is 0 Å². The fraction of sp³-hybridized carbons (Fsp3) is 0.357. The van der Waals surface area contributed by atoms with Crippen LogP contribution in [0.1, 0.15) is 12.0 Å². The minimum atomic E-state index is -0.282. The van der Waals surface area contributed by atoms with Crippen molar-refractivity contribution in [1.29, 1.82) is 0 Å². The first-order valence-electron chi connectivity index (χ1n) is 6.33. The lowest BCUT2D eigenvalue weighted by molar-refractivity contribution is 0.190. The first kappa shape index (κ1) is 12.3. The fourth-order valence-corrected chi connectivity index (χ4v) is 2.19. The SMILES string of the molecule is Fc1cc(CN[C@@H]2CCOC2)ccc1-c1ccon1. The van der Waals surface area contributed by atoms with Crippen LogP contribution in [0.5, 0.6) is 0 Å². The van der Waals surface area contributed by atoms with E-state index in [9.17, 15) is 4.39 Å². The van der Waals surface area contributed by atoms with Crippen molar-refractivity contribution in [2.75, 3.05) is 13.2 Å². The molecule has 2 aromatic rings. The van der Waals surface area contributed by atoms with Crippen molar-refractivity contribution in [3.63, 3.8) is 0 Å². The number of ether oxygens (including phenoxy) is 1. The highest BCUT2D eigenvalue weighted by Gasteiger charge is 2.15. The zero-order valence-electron chi connectivity index (χ0n) is 10.4. The van der Waals surface area contributed by atoms with E-state index in [0.717, 1.165) is 25.2 Å². The molecule has 0 bridgehead atoms. The third-order valence-electron chi connectivity index (χ3n) is 3.27. The van der Waals surface area contributed by atoms with Crippen LogP contribution < -0.4 is 5.32 Å². The summed E-state index contributed by atoms with van der Waals surface area (Å²) in [6, 6.07) is 7.18. The molecule has 100 valence electrons. The lowest BCUT2D eigenvalue weighted by Crippen LogP contribution is -2.28. The summed E-state index contributed by atoms with van der Waals surface area (Å²) in [6.07, 6.45) is 2.45. The van der Waals surface area contributed by atoms with Crippen molar-refractivity contribution < 1.29 is 13.7 Å². The van der Waals surface area contributed by atoms with E-state index in [1.165, 1.54) is 12.3 Å². The van der Waals surface area contributed by atoms with Crippen LogP contribution in [0.15, 0.2) is 35.1 Å². The normalized spacial score (nSPS) is 18.9. The second-order valence-corrected chi connectivity index (χ2v) is 4.64. The quantitative estimate of drug-likeness (QED) is 0.918. The zero-order valence-corrected chi connectivity index (χ0v) is 10.4. The van der Waals surface area contributed by atoms with Crippen LogP contribution in [0.2, 0.25) is 0 Å². The maximum Gasteiger partial charge on any atom is 0.133 e. The van der Waals surface area contributed by atoms with Crippen molar-refractivity contribution in [2.45, 2.75) is 19.0 Å². The van der Waals surface area contributed by atoms with Crippen molar-refractivity contribution >= 4 is 0 Å². The summed E-state index contributed by atoms with van der Waals surface area (Å²) < 4.78 is 24.0. The summed E-state index contributed by atoms with van der Waals surface area (Å²) in [6.45, 7) is 2.18. The molecule has 4 nitrogen and oxygen atoms in total. The Morgan fingerprint density at radius 1 is 1.37 bits per heavy atom. The standard InChI is InChI=1S/C14H15FN2O2/c15-13-7-10(8-16-11-3-5-18-9-11)1-2-12(13)14-4-6-19-17-14/h1-2,4,6-7,11,16H,3,5,8-9H2/t11-/m1/s1. The Kier molecular flexibility index (Phi) is 3.57. The van der Waals surface area contributed by atoms with Crippen molar-refractivity contribution in [3.05, 3.63) is 41.9 Å². The van der Waals surface area contributed by atoms with Crippen molar-refractivity contribution in [1.82, 2.24) is 10.5 Å². The molecule has 1 atom stereocenters. The molecule has 0 radical (unpaired) electrons. The predicted octanol–water partition coefficient (Wildman–Crippen LogP) is 2.36. The molecule has 1 saturated heterocycles. The van der Waals surface area contributed by atoms with E-state index < -0.39 is 0 Å². The van der Waals surface area contributed by atoms with E-state index >= 15 is 0 Å². The molecular formula is C14H15FN2O2. The van der Waals surface area contributed by atoms with E-state index in [2.05, 4.69) is 10.5 Å². The molecule has 1 aliphatic rings. The Morgan fingerprint density at radius 3 is 3.00 bits per heavy atom. The van der Waals surface area contributed by atoms with Crippen LogP contribution in [0.4, 0.5) is 4.39 Å². The number of nitrogens with zero attached hydrogens (tertiary/aromatic N) is 1. The maximum absolute atomic E-state index is 14.0. The molecule has 19 heavy (non-hydrogen) atoms. The maximum atomic E-state index is 14.0. The van der Waals surface area contributed by atoms with Gasteiger partial charge in [0.25, 0.3) is 0 Å². The van der Waals surface area contributed by atoms with E-state index in [4.69, 9.17) is 9.26 Å². The Bertz CT molecular complexity index is 536. The van der Waals surface area contributed by atoms with Crippen molar-refractivity contribution in [3.8, 4) is 11.3 Å². The largest absolute Gasteiger partial charge is 0.380 e. The number of benzene rings is 1. The number of rotatable bonds is 4. The molecule has 1 N–H and O–H groups in total. The molecule has 1 aliphatic heterocycles. The van der Waals surface area contributed by atoms with E-state index in [1.54, 1.807) is 12.1 Å².